The third kappa shape index (κ3) is 3.86. The van der Waals surface area contributed by atoms with Gasteiger partial charge in [0.1, 0.15) is 5.82 Å². The normalized spacial score (nSPS) is 10.1. The zero-order valence-electron chi connectivity index (χ0n) is 10.5. The molecule has 0 bridgehead atoms. The molecule has 0 aliphatic rings. The summed E-state index contributed by atoms with van der Waals surface area (Å²) in [5, 5.41) is 5.70. The van der Waals surface area contributed by atoms with E-state index in [2.05, 4.69) is 10.6 Å². The van der Waals surface area contributed by atoms with Gasteiger partial charge in [-0.3, -0.25) is 0 Å². The molecule has 4 nitrogen and oxygen atoms in total. The van der Waals surface area contributed by atoms with Crippen LogP contribution in [0.15, 0.2) is 42.5 Å². The van der Waals surface area contributed by atoms with Crippen LogP contribution in [0.1, 0.15) is 5.56 Å². The fourth-order valence-corrected chi connectivity index (χ4v) is 1.82. The second kappa shape index (κ2) is 6.25. The van der Waals surface area contributed by atoms with Crippen LogP contribution in [0.2, 0.25) is 5.02 Å². The van der Waals surface area contributed by atoms with Crippen LogP contribution in [-0.2, 0) is 6.54 Å². The summed E-state index contributed by atoms with van der Waals surface area (Å²) in [4.78, 5) is 10.8. The second-order valence-electron chi connectivity index (χ2n) is 4.17. The summed E-state index contributed by atoms with van der Waals surface area (Å²) >= 11 is 5.62. The maximum absolute atomic E-state index is 13.3. The van der Waals surface area contributed by atoms with Crippen LogP contribution in [0, 0.1) is 5.82 Å². The van der Waals surface area contributed by atoms with E-state index in [4.69, 9.17) is 17.3 Å². The number of carbonyl (C=O) groups excluding carboxylic acids is 1. The van der Waals surface area contributed by atoms with E-state index in [1.165, 1.54) is 12.1 Å². The molecule has 4 N–H and O–H groups in total. The molecule has 0 aliphatic carbocycles. The van der Waals surface area contributed by atoms with Crippen LogP contribution < -0.4 is 16.4 Å². The van der Waals surface area contributed by atoms with Gasteiger partial charge in [0, 0.05) is 17.9 Å². The van der Waals surface area contributed by atoms with Crippen LogP contribution >= 0.6 is 11.6 Å². The van der Waals surface area contributed by atoms with Gasteiger partial charge >= 0.3 is 6.03 Å². The number of urea groups is 1. The zero-order chi connectivity index (χ0) is 14.5. The lowest BCUT2D eigenvalue weighted by Crippen LogP contribution is -2.19. The average molecular weight is 294 g/mol. The van der Waals surface area contributed by atoms with E-state index in [-0.39, 0.29) is 5.02 Å². The molecule has 0 aliphatic heterocycles. The first-order chi connectivity index (χ1) is 9.54. The van der Waals surface area contributed by atoms with Crippen molar-refractivity contribution in [3.63, 3.8) is 0 Å². The summed E-state index contributed by atoms with van der Waals surface area (Å²) in [7, 11) is 0. The average Bonchev–Trinajstić information content (AvgIpc) is 2.40. The maximum Gasteiger partial charge on any atom is 0.316 e. The number of carbonyl (C=O) groups is 1. The molecule has 0 heterocycles. The number of halogens is 2. The number of primary amides is 1. The second-order valence-corrected chi connectivity index (χ2v) is 4.58. The standard InChI is InChI=1S/C14H13ClFN3O/c15-12-5-4-9(6-13(12)16)8-18-10-2-1-3-11(7-10)19-14(17)20/h1-7,18H,8H2,(H3,17,19,20). The topological polar surface area (TPSA) is 67.2 Å². The minimum atomic E-state index is -0.623. The van der Waals surface area contributed by atoms with Crippen LogP contribution in [-0.4, -0.2) is 6.03 Å². The van der Waals surface area contributed by atoms with Crippen molar-refractivity contribution in [2.75, 3.05) is 10.6 Å². The monoisotopic (exact) mass is 293 g/mol. The minimum Gasteiger partial charge on any atom is -0.381 e. The van der Waals surface area contributed by atoms with E-state index >= 15 is 0 Å². The Kier molecular flexibility index (Phi) is 4.42. The predicted molar refractivity (Wildman–Crippen MR) is 78.4 cm³/mol. The highest BCUT2D eigenvalue weighted by molar-refractivity contribution is 6.30. The molecule has 6 heteroatoms. The van der Waals surface area contributed by atoms with Crippen molar-refractivity contribution in [2.24, 2.45) is 5.73 Å². The molecule has 20 heavy (non-hydrogen) atoms. The third-order valence-corrected chi connectivity index (χ3v) is 2.92. The maximum atomic E-state index is 13.3. The fourth-order valence-electron chi connectivity index (χ4n) is 1.70. The van der Waals surface area contributed by atoms with Crippen molar-refractivity contribution in [3.8, 4) is 0 Å². The Morgan fingerprint density at radius 2 is 1.95 bits per heavy atom. The number of benzene rings is 2. The molecule has 104 valence electrons. The molecule has 0 aromatic heterocycles. The van der Waals surface area contributed by atoms with Crippen molar-refractivity contribution in [1.29, 1.82) is 0 Å². The van der Waals surface area contributed by atoms with E-state index in [9.17, 15) is 9.18 Å². The smallest absolute Gasteiger partial charge is 0.316 e. The minimum absolute atomic E-state index is 0.0985. The summed E-state index contributed by atoms with van der Waals surface area (Å²) in [5.41, 5.74) is 7.18. The van der Waals surface area contributed by atoms with E-state index < -0.39 is 11.8 Å². The van der Waals surface area contributed by atoms with Gasteiger partial charge in [0.25, 0.3) is 0 Å². The SMILES string of the molecule is NC(=O)Nc1cccc(NCc2ccc(Cl)c(F)c2)c1. The summed E-state index contributed by atoms with van der Waals surface area (Å²) in [6, 6.07) is 11.1. The zero-order valence-corrected chi connectivity index (χ0v) is 11.2. The highest BCUT2D eigenvalue weighted by Gasteiger charge is 2.02. The van der Waals surface area contributed by atoms with E-state index in [1.54, 1.807) is 24.3 Å². The van der Waals surface area contributed by atoms with Crippen LogP contribution in [0.4, 0.5) is 20.6 Å². The van der Waals surface area contributed by atoms with Gasteiger partial charge in [-0.1, -0.05) is 23.7 Å². The lowest BCUT2D eigenvalue weighted by atomic mass is 10.2. The molecular weight excluding hydrogens is 281 g/mol. The number of amides is 2. The highest BCUT2D eigenvalue weighted by Crippen LogP contribution is 2.18. The first-order valence-corrected chi connectivity index (χ1v) is 6.27. The van der Waals surface area contributed by atoms with Crippen molar-refractivity contribution in [1.82, 2.24) is 0 Å². The van der Waals surface area contributed by atoms with Crippen LogP contribution in [0.25, 0.3) is 0 Å². The Hall–Kier alpha value is -2.27. The van der Waals surface area contributed by atoms with Gasteiger partial charge in [0.05, 0.1) is 5.02 Å². The lowest BCUT2D eigenvalue weighted by Gasteiger charge is -2.09. The molecular formula is C14H13ClFN3O. The summed E-state index contributed by atoms with van der Waals surface area (Å²) in [5.74, 6) is -0.449. The molecule has 2 aromatic rings. The molecule has 2 amide bonds. The van der Waals surface area contributed by atoms with Gasteiger partial charge in [0.15, 0.2) is 0 Å². The number of hydrogen-bond acceptors (Lipinski definition) is 2. The Labute approximate surface area is 120 Å². The van der Waals surface area contributed by atoms with Crippen molar-refractivity contribution >= 4 is 29.0 Å². The predicted octanol–water partition coefficient (Wildman–Crippen LogP) is 3.58. The first kappa shape index (κ1) is 14.1. The fraction of sp³-hybridized carbons (Fsp3) is 0.0714. The van der Waals surface area contributed by atoms with E-state index in [0.29, 0.717) is 12.2 Å². The summed E-state index contributed by atoms with van der Waals surface area (Å²) in [6.07, 6.45) is 0. The number of anilines is 2. The molecule has 0 spiro atoms. The molecule has 2 aromatic carbocycles. The van der Waals surface area contributed by atoms with E-state index in [0.717, 1.165) is 11.3 Å². The molecule has 0 radical (unpaired) electrons. The van der Waals surface area contributed by atoms with E-state index in [1.807, 2.05) is 6.07 Å². The third-order valence-electron chi connectivity index (χ3n) is 2.61. The number of rotatable bonds is 4. The Morgan fingerprint density at radius 3 is 2.65 bits per heavy atom. The quantitative estimate of drug-likeness (QED) is 0.806. The summed E-state index contributed by atoms with van der Waals surface area (Å²) < 4.78 is 13.3. The van der Waals surface area contributed by atoms with Gasteiger partial charge in [-0.15, -0.1) is 0 Å². The van der Waals surface area contributed by atoms with Crippen molar-refractivity contribution < 1.29 is 9.18 Å². The molecule has 0 saturated carbocycles. The number of hydrogen-bond donors (Lipinski definition) is 3. The number of nitrogens with two attached hydrogens (primary N) is 1. The van der Waals surface area contributed by atoms with Gasteiger partial charge in [-0.25, -0.2) is 9.18 Å². The molecule has 0 atom stereocenters. The largest absolute Gasteiger partial charge is 0.381 e. The van der Waals surface area contributed by atoms with Crippen LogP contribution in [0.3, 0.4) is 0 Å². The van der Waals surface area contributed by atoms with Gasteiger partial charge in [-0.2, -0.15) is 0 Å². The van der Waals surface area contributed by atoms with Crippen LogP contribution in [0.5, 0.6) is 0 Å². The molecule has 0 fully saturated rings. The Balaban J connectivity index is 2.03. The summed E-state index contributed by atoms with van der Waals surface area (Å²) in [6.45, 7) is 0.439. The van der Waals surface area contributed by atoms with Gasteiger partial charge in [-0.05, 0) is 35.9 Å². The Bertz CT molecular complexity index is 634. The lowest BCUT2D eigenvalue weighted by molar-refractivity contribution is 0.259. The highest BCUT2D eigenvalue weighted by atomic mass is 35.5. The van der Waals surface area contributed by atoms with Crippen molar-refractivity contribution in [2.45, 2.75) is 6.54 Å². The molecule has 0 unspecified atom stereocenters. The van der Waals surface area contributed by atoms with Crippen molar-refractivity contribution in [3.05, 3.63) is 58.9 Å². The molecule has 2 rings (SSSR count). The van der Waals surface area contributed by atoms with Gasteiger partial charge in [0.2, 0.25) is 0 Å². The molecule has 0 saturated heterocycles. The van der Waals surface area contributed by atoms with Gasteiger partial charge < -0.3 is 16.4 Å². The Morgan fingerprint density at radius 1 is 1.20 bits per heavy atom. The number of nitrogens with one attached hydrogen (secondary N) is 2. The first-order valence-electron chi connectivity index (χ1n) is 5.89.